The predicted octanol–water partition coefficient (Wildman–Crippen LogP) is 3.45. The summed E-state index contributed by atoms with van der Waals surface area (Å²) < 4.78 is 29.1. The highest BCUT2D eigenvalue weighted by Gasteiger charge is 2.35. The zero-order chi connectivity index (χ0) is 32.0. The van der Waals surface area contributed by atoms with E-state index in [9.17, 15) is 14.4 Å². The van der Waals surface area contributed by atoms with Crippen LogP contribution in [0.25, 0.3) is 0 Å². The van der Waals surface area contributed by atoms with Crippen molar-refractivity contribution in [3.05, 3.63) is 76.9 Å². The Kier molecular flexibility index (Phi) is 9.46. The Morgan fingerprint density at radius 2 is 1.74 bits per heavy atom. The second kappa shape index (κ2) is 14.0. The van der Waals surface area contributed by atoms with Gasteiger partial charge in [0.15, 0.2) is 18.1 Å². The number of hydrogen-bond acceptors (Lipinski definition) is 8. The summed E-state index contributed by atoms with van der Waals surface area (Å²) in [5.74, 6) is 2.26. The number of rotatable bonds is 3. The van der Waals surface area contributed by atoms with E-state index in [2.05, 4.69) is 10.6 Å². The third kappa shape index (κ3) is 7.14. The zero-order valence-corrected chi connectivity index (χ0v) is 26.1. The standard InChI is InChI=1S/C35H39N3O8/c1-42-30-10-5-22-6-12-33(39)36-19-25-7-9-26(18-31(25)43-2)46-29-13-14-38(20-27(29)37-34(40)21-45-32(30)16-22)35(41)24-8-11-28-23(17-24)4-3-15-44-28/h5,7-11,16-18,27,29H,3-4,6,12-15,19-21H2,1-2H3,(H,36,39)(H,37,40)/t27-,29+/m1/s1. The molecule has 1 fully saturated rings. The maximum absolute atomic E-state index is 13.7. The van der Waals surface area contributed by atoms with Crippen LogP contribution in [-0.4, -0.2) is 75.3 Å². The van der Waals surface area contributed by atoms with Crippen molar-refractivity contribution in [1.29, 1.82) is 0 Å². The minimum absolute atomic E-state index is 0.106. The summed E-state index contributed by atoms with van der Waals surface area (Å²) >= 11 is 0. The molecular formula is C35H39N3O8. The molecule has 4 aliphatic heterocycles. The lowest BCUT2D eigenvalue weighted by Crippen LogP contribution is -2.58. The van der Waals surface area contributed by atoms with Crippen LogP contribution in [0.4, 0.5) is 0 Å². The van der Waals surface area contributed by atoms with E-state index in [1.54, 1.807) is 36.3 Å². The zero-order valence-electron chi connectivity index (χ0n) is 26.1. The summed E-state index contributed by atoms with van der Waals surface area (Å²) in [6.45, 7) is 1.41. The number of fused-ring (bicyclic) bond motifs is 10. The quantitative estimate of drug-likeness (QED) is 0.452. The van der Waals surface area contributed by atoms with Gasteiger partial charge in [-0.3, -0.25) is 14.4 Å². The number of likely N-dealkylation sites (tertiary alicyclic amines) is 1. The number of carbonyl (C=O) groups excluding carboxylic acids is 3. The molecule has 0 aliphatic carbocycles. The van der Waals surface area contributed by atoms with Gasteiger partial charge in [-0.25, -0.2) is 0 Å². The molecule has 7 rings (SSSR count). The number of hydrogen-bond donors (Lipinski definition) is 2. The number of nitrogens with one attached hydrogen (secondary N) is 2. The number of aryl methyl sites for hydroxylation is 2. The van der Waals surface area contributed by atoms with Crippen molar-refractivity contribution in [2.24, 2.45) is 0 Å². The number of nitrogens with zero attached hydrogens (tertiary/aromatic N) is 1. The lowest BCUT2D eigenvalue weighted by molar-refractivity contribution is -0.125. The van der Waals surface area contributed by atoms with Crippen LogP contribution in [0.5, 0.6) is 28.7 Å². The van der Waals surface area contributed by atoms with Crippen LogP contribution >= 0.6 is 0 Å². The molecule has 3 aromatic rings. The highest BCUT2D eigenvalue weighted by Crippen LogP contribution is 2.31. The first-order chi connectivity index (χ1) is 22.4. The summed E-state index contributed by atoms with van der Waals surface area (Å²) in [6.07, 6.45) is 2.59. The van der Waals surface area contributed by atoms with Crippen LogP contribution in [-0.2, 0) is 29.0 Å². The molecule has 0 unspecified atom stereocenters. The molecule has 11 nitrogen and oxygen atoms in total. The van der Waals surface area contributed by atoms with Crippen LogP contribution in [0.15, 0.2) is 54.6 Å². The van der Waals surface area contributed by atoms with E-state index in [-0.39, 0.29) is 37.3 Å². The second-order valence-corrected chi connectivity index (χ2v) is 11.7. The Morgan fingerprint density at radius 1 is 0.870 bits per heavy atom. The Balaban J connectivity index is 1.26. The van der Waals surface area contributed by atoms with E-state index in [1.165, 1.54) is 7.11 Å². The largest absolute Gasteiger partial charge is 0.496 e. The number of methoxy groups -OCH3 is 2. The molecule has 2 N–H and O–H groups in total. The Morgan fingerprint density at radius 3 is 2.59 bits per heavy atom. The minimum atomic E-state index is -0.518. The number of piperidine rings is 1. The van der Waals surface area contributed by atoms with Gasteiger partial charge in [0.25, 0.3) is 11.8 Å². The molecule has 4 aliphatic rings. The fourth-order valence-electron chi connectivity index (χ4n) is 6.11. The molecule has 11 heteroatoms. The third-order valence-corrected chi connectivity index (χ3v) is 8.59. The van der Waals surface area contributed by atoms with Gasteiger partial charge < -0.3 is 39.2 Å². The summed E-state index contributed by atoms with van der Waals surface area (Å²) in [5, 5.41) is 6.02. The van der Waals surface area contributed by atoms with E-state index in [1.807, 2.05) is 30.3 Å². The fourth-order valence-corrected chi connectivity index (χ4v) is 6.11. The van der Waals surface area contributed by atoms with Crippen molar-refractivity contribution >= 4 is 17.7 Å². The van der Waals surface area contributed by atoms with Crippen LogP contribution < -0.4 is 34.3 Å². The molecule has 0 aromatic heterocycles. The van der Waals surface area contributed by atoms with Gasteiger partial charge in [-0.05, 0) is 72.9 Å². The Labute approximate surface area is 268 Å². The normalized spacial score (nSPS) is 20.1. The van der Waals surface area contributed by atoms with Gasteiger partial charge >= 0.3 is 0 Å². The third-order valence-electron chi connectivity index (χ3n) is 8.59. The monoisotopic (exact) mass is 629 g/mol. The molecular weight excluding hydrogens is 590 g/mol. The molecule has 0 spiro atoms. The molecule has 242 valence electrons. The predicted molar refractivity (Wildman–Crippen MR) is 169 cm³/mol. The number of benzene rings is 3. The lowest BCUT2D eigenvalue weighted by atomic mass is 9.99. The lowest BCUT2D eigenvalue weighted by Gasteiger charge is -2.39. The van der Waals surface area contributed by atoms with Gasteiger partial charge in [0.1, 0.15) is 23.4 Å². The first-order valence-corrected chi connectivity index (χ1v) is 15.6. The van der Waals surface area contributed by atoms with Crippen molar-refractivity contribution in [3.8, 4) is 28.7 Å². The van der Waals surface area contributed by atoms with Gasteiger partial charge in [-0.2, -0.15) is 0 Å². The summed E-state index contributed by atoms with van der Waals surface area (Å²) in [7, 11) is 3.10. The Hall–Kier alpha value is -4.93. The van der Waals surface area contributed by atoms with Crippen molar-refractivity contribution in [1.82, 2.24) is 15.5 Å². The molecule has 3 amide bonds. The number of ether oxygens (including phenoxy) is 5. The van der Waals surface area contributed by atoms with E-state index < -0.39 is 12.1 Å². The van der Waals surface area contributed by atoms with E-state index in [0.717, 1.165) is 35.3 Å². The summed E-state index contributed by atoms with van der Waals surface area (Å²) in [4.78, 5) is 41.4. The highest BCUT2D eigenvalue weighted by atomic mass is 16.5. The van der Waals surface area contributed by atoms with Crippen LogP contribution in [0.3, 0.4) is 0 Å². The number of amides is 3. The van der Waals surface area contributed by atoms with Gasteiger partial charge in [-0.15, -0.1) is 0 Å². The molecule has 0 radical (unpaired) electrons. The maximum atomic E-state index is 13.7. The molecule has 0 saturated carbocycles. The van der Waals surface area contributed by atoms with Gasteiger partial charge in [0, 0.05) is 49.7 Å². The maximum Gasteiger partial charge on any atom is 0.258 e. The summed E-state index contributed by atoms with van der Waals surface area (Å²) in [6, 6.07) is 15.9. The van der Waals surface area contributed by atoms with Gasteiger partial charge in [0.05, 0.1) is 26.9 Å². The molecule has 2 atom stereocenters. The molecule has 4 bridgehead atoms. The molecule has 46 heavy (non-hydrogen) atoms. The van der Waals surface area contributed by atoms with Crippen molar-refractivity contribution < 1.29 is 38.1 Å². The van der Waals surface area contributed by atoms with Gasteiger partial charge in [0.2, 0.25) is 5.91 Å². The van der Waals surface area contributed by atoms with E-state index in [0.29, 0.717) is 61.1 Å². The SMILES string of the molecule is COc1cc2ccc1CNC(=O)CCc1ccc(OC)c(c1)OCC(=O)N[C@@H]1CN(C(=O)c3ccc4c(c3)CCCO4)CC[C@@H]1O2. The topological polar surface area (TPSA) is 125 Å². The number of carbonyl (C=O) groups is 3. The van der Waals surface area contributed by atoms with E-state index >= 15 is 0 Å². The van der Waals surface area contributed by atoms with Crippen LogP contribution in [0.1, 0.15) is 46.3 Å². The highest BCUT2D eigenvalue weighted by molar-refractivity contribution is 5.95. The summed E-state index contributed by atoms with van der Waals surface area (Å²) in [5.41, 5.74) is 3.30. The Bertz CT molecular complexity index is 1610. The van der Waals surface area contributed by atoms with Crippen LogP contribution in [0, 0.1) is 0 Å². The van der Waals surface area contributed by atoms with Crippen molar-refractivity contribution in [3.63, 3.8) is 0 Å². The van der Waals surface area contributed by atoms with Crippen LogP contribution in [0.2, 0.25) is 0 Å². The fraction of sp³-hybridized carbons (Fsp3) is 0.400. The van der Waals surface area contributed by atoms with Crippen molar-refractivity contribution in [2.75, 3.05) is 40.5 Å². The second-order valence-electron chi connectivity index (χ2n) is 11.7. The first-order valence-electron chi connectivity index (χ1n) is 15.6. The molecule has 3 aromatic carbocycles. The smallest absolute Gasteiger partial charge is 0.258 e. The van der Waals surface area contributed by atoms with Crippen molar-refractivity contribution in [2.45, 2.75) is 50.8 Å². The first kappa shape index (κ1) is 31.1. The minimum Gasteiger partial charge on any atom is -0.496 e. The van der Waals surface area contributed by atoms with E-state index in [4.69, 9.17) is 23.7 Å². The van der Waals surface area contributed by atoms with Gasteiger partial charge in [-0.1, -0.05) is 6.07 Å². The average molecular weight is 630 g/mol. The average Bonchev–Trinajstić information content (AvgIpc) is 3.09. The molecule has 1 saturated heterocycles. The molecule has 4 heterocycles.